The fourth-order valence-electron chi connectivity index (χ4n) is 10.4. The topological polar surface area (TPSA) is 161 Å². The van der Waals surface area contributed by atoms with Gasteiger partial charge in [-0.3, -0.25) is 24.5 Å². The van der Waals surface area contributed by atoms with Crippen LogP contribution in [0.15, 0.2) is 48.7 Å². The lowest BCUT2D eigenvalue weighted by molar-refractivity contribution is -0.138. The number of imide groups is 1. The zero-order valence-electron chi connectivity index (χ0n) is 35.9. The molecule has 15 nitrogen and oxygen atoms in total. The van der Waals surface area contributed by atoms with Gasteiger partial charge >= 0.3 is 6.18 Å². The molecule has 0 spiro atoms. The highest BCUT2D eigenvalue weighted by molar-refractivity contribution is 6.05. The number of carbonyl (C=O) groups excluding carboxylic acids is 4. The van der Waals surface area contributed by atoms with Crippen LogP contribution in [-0.2, 0) is 27.1 Å². The Morgan fingerprint density at radius 1 is 0.797 bits per heavy atom. The van der Waals surface area contributed by atoms with Gasteiger partial charge in [-0.1, -0.05) is 0 Å². The number of rotatable bonds is 10. The van der Waals surface area contributed by atoms with Gasteiger partial charge in [-0.2, -0.15) is 18.4 Å². The molecule has 4 amide bonds. The van der Waals surface area contributed by atoms with Crippen molar-refractivity contribution < 1.29 is 32.3 Å². The third-order valence-corrected chi connectivity index (χ3v) is 14.1. The lowest BCUT2D eigenvalue weighted by Gasteiger charge is -2.40. The molecular formula is C46H54F3N11O4. The molecule has 0 radical (unpaired) electrons. The van der Waals surface area contributed by atoms with Crippen LogP contribution in [0.4, 0.5) is 36.2 Å². The van der Waals surface area contributed by atoms with E-state index in [9.17, 15) is 32.3 Å². The molecule has 2 atom stereocenters. The molecule has 0 saturated carbocycles. The quantitative estimate of drug-likeness (QED) is 0.278. The van der Waals surface area contributed by atoms with Crippen molar-refractivity contribution in [3.05, 3.63) is 71.0 Å². The molecular weight excluding hydrogens is 828 g/mol. The first-order valence-corrected chi connectivity index (χ1v) is 22.6. The summed E-state index contributed by atoms with van der Waals surface area (Å²) in [6.45, 7) is 11.3. The SMILES string of the molecule is N#Cc1ccc(N2CCC(C(=O)Nc3ccc(N4CCC(CN5CCN(CC6CCN(c7ccc8c(n7)CN(C7CCC(=O)NC7=O)C8=O)C6)CC5)CC4)cn3)CC2)cc1C(F)(F)F. The van der Waals surface area contributed by atoms with Gasteiger partial charge in [0.2, 0.25) is 17.7 Å². The van der Waals surface area contributed by atoms with Gasteiger partial charge in [0, 0.05) is 96.6 Å². The van der Waals surface area contributed by atoms with E-state index >= 15 is 0 Å². The molecule has 2 unspecified atom stereocenters. The smallest absolute Gasteiger partial charge is 0.371 e. The van der Waals surface area contributed by atoms with Gasteiger partial charge in [0.05, 0.1) is 46.9 Å². The molecule has 5 fully saturated rings. The Morgan fingerprint density at radius 2 is 1.45 bits per heavy atom. The summed E-state index contributed by atoms with van der Waals surface area (Å²) in [5.74, 6) is 1.20. The zero-order chi connectivity index (χ0) is 44.5. The van der Waals surface area contributed by atoms with E-state index in [0.717, 1.165) is 102 Å². The molecule has 1 aromatic carbocycles. The number of nitrogens with one attached hydrogen (secondary N) is 2. The van der Waals surface area contributed by atoms with E-state index in [1.54, 1.807) is 11.0 Å². The lowest BCUT2D eigenvalue weighted by atomic mass is 9.95. The molecule has 18 heteroatoms. The number of amides is 4. The highest BCUT2D eigenvalue weighted by Gasteiger charge is 2.41. The van der Waals surface area contributed by atoms with Crippen LogP contribution in [0.1, 0.15) is 72.1 Å². The Morgan fingerprint density at radius 3 is 2.12 bits per heavy atom. The predicted octanol–water partition coefficient (Wildman–Crippen LogP) is 4.34. The van der Waals surface area contributed by atoms with Gasteiger partial charge in [-0.25, -0.2) is 9.97 Å². The summed E-state index contributed by atoms with van der Waals surface area (Å²) in [5, 5.41) is 14.4. The van der Waals surface area contributed by atoms with E-state index in [0.29, 0.717) is 67.0 Å². The van der Waals surface area contributed by atoms with Crippen LogP contribution in [0.3, 0.4) is 0 Å². The molecule has 64 heavy (non-hydrogen) atoms. The van der Waals surface area contributed by atoms with Crippen LogP contribution >= 0.6 is 0 Å². The number of aromatic nitrogens is 2. The summed E-state index contributed by atoms with van der Waals surface area (Å²) < 4.78 is 40.5. The van der Waals surface area contributed by atoms with Crippen molar-refractivity contribution in [3.63, 3.8) is 0 Å². The number of anilines is 4. The first-order chi connectivity index (χ1) is 30.9. The molecule has 0 bridgehead atoms. The van der Waals surface area contributed by atoms with Gasteiger partial charge in [-0.15, -0.1) is 0 Å². The van der Waals surface area contributed by atoms with Crippen molar-refractivity contribution in [3.8, 4) is 6.07 Å². The van der Waals surface area contributed by atoms with Gasteiger partial charge in [0.15, 0.2) is 0 Å². The maximum absolute atomic E-state index is 13.5. The van der Waals surface area contributed by atoms with Crippen molar-refractivity contribution in [2.75, 3.05) is 98.6 Å². The number of hydrogen-bond donors (Lipinski definition) is 2. The van der Waals surface area contributed by atoms with Crippen LogP contribution in [0, 0.1) is 29.1 Å². The lowest BCUT2D eigenvalue weighted by Crippen LogP contribution is -2.52. The molecule has 338 valence electrons. The highest BCUT2D eigenvalue weighted by Crippen LogP contribution is 2.36. The Labute approximate surface area is 370 Å². The molecule has 6 aliphatic heterocycles. The number of halogens is 3. The first kappa shape index (κ1) is 43.5. The van der Waals surface area contributed by atoms with Gasteiger partial charge < -0.3 is 34.7 Å². The highest BCUT2D eigenvalue weighted by atomic mass is 19.4. The second-order valence-electron chi connectivity index (χ2n) is 18.2. The molecule has 2 aromatic heterocycles. The van der Waals surface area contributed by atoms with Gasteiger partial charge in [0.1, 0.15) is 17.7 Å². The van der Waals surface area contributed by atoms with Crippen molar-refractivity contribution in [2.24, 2.45) is 17.8 Å². The molecule has 5 saturated heterocycles. The molecule has 9 rings (SSSR count). The first-order valence-electron chi connectivity index (χ1n) is 22.6. The largest absolute Gasteiger partial charge is 0.417 e. The van der Waals surface area contributed by atoms with E-state index in [1.165, 1.54) is 12.1 Å². The summed E-state index contributed by atoms with van der Waals surface area (Å²) in [6, 6.07) is 12.3. The molecule has 8 heterocycles. The number of piperazine rings is 1. The summed E-state index contributed by atoms with van der Waals surface area (Å²) in [6.07, 6.45) is 2.05. The number of hydrogen-bond acceptors (Lipinski definition) is 12. The Balaban J connectivity index is 0.665. The summed E-state index contributed by atoms with van der Waals surface area (Å²) in [4.78, 5) is 73.0. The summed E-state index contributed by atoms with van der Waals surface area (Å²) in [7, 11) is 0. The number of carbonyl (C=O) groups is 4. The number of piperidine rings is 3. The standard InChI is InChI=1S/C46H54F3N11O4/c47-46(48,49)37-23-34(2-1-33(37)24-50)57-17-12-32(13-18-57)43(62)53-40-6-3-35(25-51-40)58-14-9-30(10-15-58)26-55-19-21-56(22-20-55)27-31-11-16-59(28-31)41-7-4-36-38(52-41)29-60(45(36)64)39-5-8-42(61)54-44(39)63/h1-4,6-7,23,25,30-32,39H,5,8-22,26-29H2,(H,51,53,62)(H,54,61,63). The van der Waals surface area contributed by atoms with Crippen molar-refractivity contribution in [1.29, 1.82) is 5.26 Å². The summed E-state index contributed by atoms with van der Waals surface area (Å²) in [5.41, 5.74) is 1.31. The second-order valence-corrected chi connectivity index (χ2v) is 18.2. The molecule has 2 N–H and O–H groups in total. The molecule has 3 aromatic rings. The summed E-state index contributed by atoms with van der Waals surface area (Å²) >= 11 is 0. The maximum Gasteiger partial charge on any atom is 0.417 e. The van der Waals surface area contributed by atoms with Crippen LogP contribution in [-0.4, -0.2) is 133 Å². The Kier molecular flexibility index (Phi) is 12.5. The van der Waals surface area contributed by atoms with Crippen LogP contribution < -0.4 is 25.3 Å². The number of pyridine rings is 2. The van der Waals surface area contributed by atoms with E-state index in [-0.39, 0.29) is 36.6 Å². The Hall–Kier alpha value is -5.80. The van der Waals surface area contributed by atoms with Crippen LogP contribution in [0.25, 0.3) is 0 Å². The zero-order valence-corrected chi connectivity index (χ0v) is 35.9. The Bertz CT molecular complexity index is 2280. The minimum absolute atomic E-state index is 0.143. The normalized spacial score (nSPS) is 23.1. The minimum atomic E-state index is -4.62. The van der Waals surface area contributed by atoms with Crippen LogP contribution in [0.5, 0.6) is 0 Å². The van der Waals surface area contributed by atoms with Gasteiger partial charge in [0.25, 0.3) is 5.91 Å². The maximum atomic E-state index is 13.5. The van der Waals surface area contributed by atoms with Crippen molar-refractivity contribution in [1.82, 2.24) is 30.0 Å². The minimum Gasteiger partial charge on any atom is -0.371 e. The van der Waals surface area contributed by atoms with E-state index < -0.39 is 29.3 Å². The monoisotopic (exact) mass is 881 g/mol. The van der Waals surface area contributed by atoms with E-state index in [4.69, 9.17) is 10.2 Å². The average Bonchev–Trinajstić information content (AvgIpc) is 3.90. The average molecular weight is 882 g/mol. The number of fused-ring (bicyclic) bond motifs is 1. The number of benzene rings is 1. The number of alkyl halides is 3. The third kappa shape index (κ3) is 9.51. The van der Waals surface area contributed by atoms with Gasteiger partial charge in [-0.05, 0) is 92.8 Å². The van der Waals surface area contributed by atoms with Crippen molar-refractivity contribution >= 4 is 46.6 Å². The fraction of sp³-hybridized carbons (Fsp3) is 0.543. The van der Waals surface area contributed by atoms with Crippen LogP contribution in [0.2, 0.25) is 0 Å². The number of nitriles is 1. The molecule has 6 aliphatic rings. The van der Waals surface area contributed by atoms with Crippen molar-refractivity contribution in [2.45, 2.75) is 63.7 Å². The van der Waals surface area contributed by atoms with E-state index in [2.05, 4.69) is 35.2 Å². The van der Waals surface area contributed by atoms with E-state index in [1.807, 2.05) is 35.4 Å². The second kappa shape index (κ2) is 18.4. The number of nitrogens with zero attached hydrogens (tertiary/aromatic N) is 9. The third-order valence-electron chi connectivity index (χ3n) is 14.1. The molecule has 0 aliphatic carbocycles. The fourth-order valence-corrected chi connectivity index (χ4v) is 10.4. The predicted molar refractivity (Wildman–Crippen MR) is 232 cm³/mol.